The maximum absolute atomic E-state index is 13.5. The van der Waals surface area contributed by atoms with Crippen LogP contribution in [0.15, 0.2) is 24.4 Å². The van der Waals surface area contributed by atoms with Gasteiger partial charge in [-0.05, 0) is 51.2 Å². The number of aromatic nitrogens is 6. The standard InChI is InChI=1S/C21H27F2N7/c1-14-8-15(2)30(27-14)20-11-17(24-12-19-13-25-28-29(19)3)10-18(26-20)9-16-4-6-21(22,23)7-5-16/h8,10-11,13,16H,4-7,9,12H2,1-3H3,(H,24,26). The van der Waals surface area contributed by atoms with Gasteiger partial charge in [-0.15, -0.1) is 5.10 Å². The Labute approximate surface area is 174 Å². The van der Waals surface area contributed by atoms with E-state index in [-0.39, 0.29) is 18.8 Å². The van der Waals surface area contributed by atoms with Gasteiger partial charge in [-0.2, -0.15) is 5.10 Å². The topological polar surface area (TPSA) is 73.5 Å². The maximum atomic E-state index is 13.5. The van der Waals surface area contributed by atoms with Crippen LogP contribution in [0.4, 0.5) is 14.5 Å². The molecule has 1 aliphatic rings. The molecule has 3 aromatic heterocycles. The molecular formula is C21H27F2N7. The third kappa shape index (κ3) is 4.66. The summed E-state index contributed by atoms with van der Waals surface area (Å²) in [6.45, 7) is 4.51. The van der Waals surface area contributed by atoms with Gasteiger partial charge in [0, 0.05) is 43.0 Å². The van der Waals surface area contributed by atoms with Crippen molar-refractivity contribution in [2.45, 2.75) is 58.4 Å². The molecule has 0 aliphatic heterocycles. The highest BCUT2D eigenvalue weighted by Crippen LogP contribution is 2.37. The first-order valence-electron chi connectivity index (χ1n) is 10.3. The number of alkyl halides is 2. The van der Waals surface area contributed by atoms with Crippen molar-refractivity contribution >= 4 is 5.69 Å². The Balaban J connectivity index is 1.59. The van der Waals surface area contributed by atoms with Crippen molar-refractivity contribution in [3.63, 3.8) is 0 Å². The monoisotopic (exact) mass is 415 g/mol. The summed E-state index contributed by atoms with van der Waals surface area (Å²) in [6.07, 6.45) is 3.40. The number of hydrogen-bond donors (Lipinski definition) is 1. The van der Waals surface area contributed by atoms with Crippen molar-refractivity contribution in [2.24, 2.45) is 13.0 Å². The first-order valence-corrected chi connectivity index (χ1v) is 10.3. The van der Waals surface area contributed by atoms with E-state index < -0.39 is 5.92 Å². The van der Waals surface area contributed by atoms with Gasteiger partial charge in [0.15, 0.2) is 5.82 Å². The van der Waals surface area contributed by atoms with Crippen LogP contribution in [-0.4, -0.2) is 35.7 Å². The van der Waals surface area contributed by atoms with Gasteiger partial charge in [0.1, 0.15) is 0 Å². The highest BCUT2D eigenvalue weighted by atomic mass is 19.3. The summed E-state index contributed by atoms with van der Waals surface area (Å²) in [7, 11) is 1.85. The van der Waals surface area contributed by atoms with Crippen LogP contribution in [0.2, 0.25) is 0 Å². The van der Waals surface area contributed by atoms with Crippen LogP contribution in [0.3, 0.4) is 0 Å². The summed E-state index contributed by atoms with van der Waals surface area (Å²) in [6, 6.07) is 5.97. The van der Waals surface area contributed by atoms with Crippen molar-refractivity contribution in [1.82, 2.24) is 29.8 Å². The fourth-order valence-electron chi connectivity index (χ4n) is 4.01. The van der Waals surface area contributed by atoms with E-state index in [4.69, 9.17) is 4.98 Å². The number of pyridine rings is 1. The van der Waals surface area contributed by atoms with Gasteiger partial charge in [0.2, 0.25) is 5.92 Å². The zero-order chi connectivity index (χ0) is 21.3. The predicted molar refractivity (Wildman–Crippen MR) is 110 cm³/mol. The molecular weight excluding hydrogens is 388 g/mol. The third-order valence-electron chi connectivity index (χ3n) is 5.71. The van der Waals surface area contributed by atoms with Crippen LogP contribution >= 0.6 is 0 Å². The number of rotatable bonds is 6. The van der Waals surface area contributed by atoms with E-state index in [1.807, 2.05) is 43.8 Å². The second-order valence-electron chi connectivity index (χ2n) is 8.25. The summed E-state index contributed by atoms with van der Waals surface area (Å²) >= 11 is 0. The van der Waals surface area contributed by atoms with E-state index >= 15 is 0 Å². The van der Waals surface area contributed by atoms with Crippen LogP contribution in [0.25, 0.3) is 5.82 Å². The molecule has 0 unspecified atom stereocenters. The largest absolute Gasteiger partial charge is 0.379 e. The molecule has 0 bridgehead atoms. The Morgan fingerprint density at radius 2 is 1.93 bits per heavy atom. The van der Waals surface area contributed by atoms with Crippen LogP contribution in [0.5, 0.6) is 0 Å². The average Bonchev–Trinajstić information content (AvgIpc) is 3.26. The molecule has 1 fully saturated rings. The van der Waals surface area contributed by atoms with Crippen molar-refractivity contribution in [3.8, 4) is 5.82 Å². The fraction of sp³-hybridized carbons (Fsp3) is 0.524. The Morgan fingerprint density at radius 1 is 1.17 bits per heavy atom. The molecule has 0 radical (unpaired) electrons. The normalized spacial score (nSPS) is 16.7. The lowest BCUT2D eigenvalue weighted by molar-refractivity contribution is -0.0457. The Morgan fingerprint density at radius 3 is 2.57 bits per heavy atom. The summed E-state index contributed by atoms with van der Waals surface area (Å²) in [5, 5.41) is 15.8. The maximum Gasteiger partial charge on any atom is 0.248 e. The number of anilines is 1. The summed E-state index contributed by atoms with van der Waals surface area (Å²) < 4.78 is 30.6. The van der Waals surface area contributed by atoms with Crippen molar-refractivity contribution in [3.05, 3.63) is 47.2 Å². The Bertz CT molecular complexity index is 1010. The number of nitrogens with zero attached hydrogens (tertiary/aromatic N) is 6. The van der Waals surface area contributed by atoms with Gasteiger partial charge < -0.3 is 5.32 Å². The molecule has 0 atom stereocenters. The first-order chi connectivity index (χ1) is 14.3. The zero-order valence-electron chi connectivity index (χ0n) is 17.6. The van der Waals surface area contributed by atoms with Crippen molar-refractivity contribution in [2.75, 3.05) is 5.32 Å². The molecule has 4 rings (SSSR count). The van der Waals surface area contributed by atoms with E-state index in [2.05, 4.69) is 20.7 Å². The van der Waals surface area contributed by atoms with Gasteiger partial charge in [-0.25, -0.2) is 18.4 Å². The number of aryl methyl sites for hydroxylation is 3. The quantitative estimate of drug-likeness (QED) is 0.659. The van der Waals surface area contributed by atoms with E-state index in [1.54, 1.807) is 10.9 Å². The third-order valence-corrected chi connectivity index (χ3v) is 5.71. The van der Waals surface area contributed by atoms with E-state index in [1.165, 1.54) is 0 Å². The summed E-state index contributed by atoms with van der Waals surface area (Å²) in [5.74, 6) is -1.56. The first kappa shape index (κ1) is 20.4. The van der Waals surface area contributed by atoms with Crippen molar-refractivity contribution in [1.29, 1.82) is 0 Å². The number of halogens is 2. The lowest BCUT2D eigenvalue weighted by Gasteiger charge is -2.28. The zero-order valence-corrected chi connectivity index (χ0v) is 17.6. The van der Waals surface area contributed by atoms with Crippen LogP contribution in [0, 0.1) is 19.8 Å². The highest BCUT2D eigenvalue weighted by molar-refractivity contribution is 5.50. The van der Waals surface area contributed by atoms with Crippen molar-refractivity contribution < 1.29 is 8.78 Å². The molecule has 0 aromatic carbocycles. The average molecular weight is 415 g/mol. The van der Waals surface area contributed by atoms with Crippen LogP contribution in [0.1, 0.15) is 48.5 Å². The SMILES string of the molecule is Cc1cc(C)n(-c2cc(NCc3cnnn3C)cc(CC3CCC(F)(F)CC3)n2)n1. The minimum Gasteiger partial charge on any atom is -0.379 e. The Kier molecular flexibility index (Phi) is 5.53. The van der Waals surface area contributed by atoms with Gasteiger partial charge in [-0.3, -0.25) is 4.68 Å². The molecule has 9 heteroatoms. The van der Waals surface area contributed by atoms with E-state index in [9.17, 15) is 8.78 Å². The summed E-state index contributed by atoms with van der Waals surface area (Å²) in [4.78, 5) is 4.81. The van der Waals surface area contributed by atoms with Gasteiger partial charge >= 0.3 is 0 Å². The minimum absolute atomic E-state index is 0.0343. The lowest BCUT2D eigenvalue weighted by atomic mass is 9.84. The molecule has 3 aromatic rings. The van der Waals surface area contributed by atoms with Crippen LogP contribution < -0.4 is 5.32 Å². The molecule has 0 amide bonds. The molecule has 30 heavy (non-hydrogen) atoms. The molecule has 160 valence electrons. The number of hydrogen-bond acceptors (Lipinski definition) is 5. The molecule has 1 N–H and O–H groups in total. The second kappa shape index (κ2) is 8.12. The van der Waals surface area contributed by atoms with E-state index in [0.29, 0.717) is 25.8 Å². The molecule has 3 heterocycles. The van der Waals surface area contributed by atoms with Crippen LogP contribution in [-0.2, 0) is 20.0 Å². The molecule has 0 spiro atoms. The highest BCUT2D eigenvalue weighted by Gasteiger charge is 2.35. The molecule has 0 saturated heterocycles. The van der Waals surface area contributed by atoms with E-state index in [0.717, 1.165) is 34.3 Å². The Hall–Kier alpha value is -2.84. The molecule has 1 aliphatic carbocycles. The van der Waals surface area contributed by atoms with Gasteiger partial charge in [0.25, 0.3) is 0 Å². The lowest BCUT2D eigenvalue weighted by Crippen LogP contribution is -2.25. The number of nitrogens with one attached hydrogen (secondary N) is 1. The summed E-state index contributed by atoms with van der Waals surface area (Å²) in [5.41, 5.74) is 4.67. The van der Waals surface area contributed by atoms with Gasteiger partial charge in [-0.1, -0.05) is 5.21 Å². The second-order valence-corrected chi connectivity index (χ2v) is 8.25. The molecule has 1 saturated carbocycles. The molecule has 7 nitrogen and oxygen atoms in total. The van der Waals surface area contributed by atoms with Gasteiger partial charge in [0.05, 0.1) is 24.1 Å². The minimum atomic E-state index is -2.51. The predicted octanol–water partition coefficient (Wildman–Crippen LogP) is 3.99. The smallest absolute Gasteiger partial charge is 0.248 e. The fourth-order valence-corrected chi connectivity index (χ4v) is 4.01.